The molecule has 1 N–H and O–H groups in total. The summed E-state index contributed by atoms with van der Waals surface area (Å²) in [6, 6.07) is 6.63. The fourth-order valence-electron chi connectivity index (χ4n) is 0.799. The first-order valence-corrected chi connectivity index (χ1v) is 4.20. The van der Waals surface area contributed by atoms with E-state index in [0.29, 0.717) is 5.56 Å². The number of aromatic carboxylic acids is 1. The van der Waals surface area contributed by atoms with E-state index in [4.69, 9.17) is 5.11 Å². The highest BCUT2D eigenvalue weighted by Crippen LogP contribution is 2.05. The average Bonchev–Trinajstić information content (AvgIpc) is 2.21. The predicted molar refractivity (Wildman–Crippen MR) is 54.8 cm³/mol. The Morgan fingerprint density at radius 2 is 2.08 bits per heavy atom. The zero-order chi connectivity index (χ0) is 10.3. The van der Waals surface area contributed by atoms with Crippen LogP contribution in [-0.2, 0) is 0 Å². The topological polar surface area (TPSA) is 37.3 Å². The third kappa shape index (κ3) is 3.56. The molecule has 0 radical (unpaired) electrons. The van der Waals surface area contributed by atoms with Crippen LogP contribution in [0.2, 0.25) is 0 Å². The Kier molecular flexibility index (Phi) is 5.28. The minimum absolute atomic E-state index is 0.294. The summed E-state index contributed by atoms with van der Waals surface area (Å²) in [5.41, 5.74) is 1.12. The molecule has 0 unspecified atom stereocenters. The SMILES string of the molecule is C=Cc1cccc(C(=O)O)c1.CC. The lowest BCUT2D eigenvalue weighted by Crippen LogP contribution is -1.95. The summed E-state index contributed by atoms with van der Waals surface area (Å²) in [6.45, 7) is 7.54. The van der Waals surface area contributed by atoms with Crippen LogP contribution in [0.3, 0.4) is 0 Å². The minimum Gasteiger partial charge on any atom is -0.478 e. The molecular formula is C11H14O2. The van der Waals surface area contributed by atoms with Gasteiger partial charge in [-0.15, -0.1) is 0 Å². The molecule has 0 aliphatic carbocycles. The van der Waals surface area contributed by atoms with Crippen LogP contribution in [0.5, 0.6) is 0 Å². The van der Waals surface area contributed by atoms with Gasteiger partial charge in [-0.25, -0.2) is 4.79 Å². The van der Waals surface area contributed by atoms with Crippen LogP contribution < -0.4 is 0 Å². The summed E-state index contributed by atoms with van der Waals surface area (Å²) in [4.78, 5) is 10.4. The number of hydrogen-bond acceptors (Lipinski definition) is 1. The van der Waals surface area contributed by atoms with Gasteiger partial charge in [0.05, 0.1) is 5.56 Å². The molecule has 0 spiro atoms. The molecule has 0 atom stereocenters. The van der Waals surface area contributed by atoms with Crippen LogP contribution in [-0.4, -0.2) is 11.1 Å². The van der Waals surface area contributed by atoms with Crippen molar-refractivity contribution in [1.82, 2.24) is 0 Å². The molecule has 2 heteroatoms. The Morgan fingerprint density at radius 3 is 2.54 bits per heavy atom. The average molecular weight is 178 g/mol. The third-order valence-electron chi connectivity index (χ3n) is 1.37. The maximum atomic E-state index is 10.4. The molecule has 0 aromatic heterocycles. The summed E-state index contributed by atoms with van der Waals surface area (Å²) in [5, 5.41) is 8.57. The molecule has 0 saturated carbocycles. The monoisotopic (exact) mass is 178 g/mol. The molecule has 0 heterocycles. The lowest BCUT2D eigenvalue weighted by atomic mass is 10.1. The van der Waals surface area contributed by atoms with Crippen LogP contribution in [0, 0.1) is 0 Å². The second-order valence-electron chi connectivity index (χ2n) is 2.13. The van der Waals surface area contributed by atoms with E-state index in [0.717, 1.165) is 5.56 Å². The summed E-state index contributed by atoms with van der Waals surface area (Å²) in [6.07, 6.45) is 1.62. The number of carboxylic acids is 1. The Labute approximate surface area is 78.5 Å². The molecule has 0 saturated heterocycles. The van der Waals surface area contributed by atoms with Crippen molar-refractivity contribution in [2.75, 3.05) is 0 Å². The molecule has 0 amide bonds. The highest BCUT2D eigenvalue weighted by Gasteiger charge is 2.00. The van der Waals surface area contributed by atoms with Crippen LogP contribution in [0.4, 0.5) is 0 Å². The molecule has 0 bridgehead atoms. The van der Waals surface area contributed by atoms with Gasteiger partial charge in [0, 0.05) is 0 Å². The van der Waals surface area contributed by atoms with Gasteiger partial charge in [0.2, 0.25) is 0 Å². The lowest BCUT2D eigenvalue weighted by Gasteiger charge is -1.94. The quantitative estimate of drug-likeness (QED) is 0.755. The van der Waals surface area contributed by atoms with Gasteiger partial charge >= 0.3 is 5.97 Å². The van der Waals surface area contributed by atoms with Gasteiger partial charge in [-0.05, 0) is 17.7 Å². The molecule has 1 aromatic rings. The number of carboxylic acid groups (broad SMARTS) is 1. The molecule has 13 heavy (non-hydrogen) atoms. The Morgan fingerprint density at radius 1 is 1.46 bits per heavy atom. The Hall–Kier alpha value is -1.57. The van der Waals surface area contributed by atoms with Crippen LogP contribution >= 0.6 is 0 Å². The van der Waals surface area contributed by atoms with Crippen molar-refractivity contribution in [3.63, 3.8) is 0 Å². The second kappa shape index (κ2) is 6.00. The standard InChI is InChI=1S/C9H8O2.C2H6/c1-2-7-4-3-5-8(6-7)9(10)11;1-2/h2-6H,1H2,(H,10,11);1-2H3. The van der Waals surface area contributed by atoms with Crippen molar-refractivity contribution >= 4 is 12.0 Å². The van der Waals surface area contributed by atoms with Crippen molar-refractivity contribution in [1.29, 1.82) is 0 Å². The van der Waals surface area contributed by atoms with Crippen molar-refractivity contribution in [2.24, 2.45) is 0 Å². The van der Waals surface area contributed by atoms with Crippen LogP contribution in [0.1, 0.15) is 29.8 Å². The summed E-state index contributed by atoms with van der Waals surface area (Å²) < 4.78 is 0. The highest BCUT2D eigenvalue weighted by molar-refractivity contribution is 5.88. The fourth-order valence-corrected chi connectivity index (χ4v) is 0.799. The number of carbonyl (C=O) groups is 1. The third-order valence-corrected chi connectivity index (χ3v) is 1.37. The van der Waals surface area contributed by atoms with E-state index in [1.807, 2.05) is 13.8 Å². The zero-order valence-electron chi connectivity index (χ0n) is 7.95. The predicted octanol–water partition coefficient (Wildman–Crippen LogP) is 3.05. The molecule has 2 nitrogen and oxygen atoms in total. The van der Waals surface area contributed by atoms with E-state index in [1.54, 1.807) is 30.3 Å². The van der Waals surface area contributed by atoms with Gasteiger partial charge in [-0.1, -0.05) is 38.6 Å². The van der Waals surface area contributed by atoms with E-state index >= 15 is 0 Å². The smallest absolute Gasteiger partial charge is 0.335 e. The van der Waals surface area contributed by atoms with Crippen molar-refractivity contribution in [3.05, 3.63) is 42.0 Å². The Bertz CT molecular complexity index is 290. The first-order valence-electron chi connectivity index (χ1n) is 4.20. The summed E-state index contributed by atoms with van der Waals surface area (Å²) in [5.74, 6) is -0.909. The van der Waals surface area contributed by atoms with Crippen molar-refractivity contribution < 1.29 is 9.90 Å². The van der Waals surface area contributed by atoms with E-state index in [9.17, 15) is 4.79 Å². The van der Waals surface area contributed by atoms with E-state index in [1.165, 1.54) is 0 Å². The first-order chi connectivity index (χ1) is 6.24. The molecular weight excluding hydrogens is 164 g/mol. The maximum absolute atomic E-state index is 10.4. The molecule has 0 fully saturated rings. The normalized spacial score (nSPS) is 8.15. The number of hydrogen-bond donors (Lipinski definition) is 1. The summed E-state index contributed by atoms with van der Waals surface area (Å²) in [7, 11) is 0. The lowest BCUT2D eigenvalue weighted by molar-refractivity contribution is 0.0697. The van der Waals surface area contributed by atoms with E-state index in [-0.39, 0.29) is 0 Å². The van der Waals surface area contributed by atoms with Crippen LogP contribution in [0.25, 0.3) is 6.08 Å². The van der Waals surface area contributed by atoms with Crippen molar-refractivity contribution in [2.45, 2.75) is 13.8 Å². The first kappa shape index (κ1) is 11.4. The zero-order valence-corrected chi connectivity index (χ0v) is 7.95. The number of benzene rings is 1. The van der Waals surface area contributed by atoms with Gasteiger partial charge in [0.1, 0.15) is 0 Å². The van der Waals surface area contributed by atoms with Gasteiger partial charge in [0.15, 0.2) is 0 Å². The minimum atomic E-state index is -0.909. The molecule has 1 rings (SSSR count). The molecule has 1 aromatic carbocycles. The maximum Gasteiger partial charge on any atom is 0.335 e. The summed E-state index contributed by atoms with van der Waals surface area (Å²) >= 11 is 0. The fraction of sp³-hybridized carbons (Fsp3) is 0.182. The van der Waals surface area contributed by atoms with Gasteiger partial charge in [-0.2, -0.15) is 0 Å². The van der Waals surface area contributed by atoms with E-state index < -0.39 is 5.97 Å². The molecule has 0 aliphatic rings. The largest absolute Gasteiger partial charge is 0.478 e. The van der Waals surface area contributed by atoms with Crippen LogP contribution in [0.15, 0.2) is 30.8 Å². The van der Waals surface area contributed by atoms with Gasteiger partial charge < -0.3 is 5.11 Å². The number of rotatable bonds is 2. The van der Waals surface area contributed by atoms with E-state index in [2.05, 4.69) is 6.58 Å². The second-order valence-corrected chi connectivity index (χ2v) is 2.13. The molecule has 70 valence electrons. The molecule has 0 aliphatic heterocycles. The van der Waals surface area contributed by atoms with Crippen molar-refractivity contribution in [3.8, 4) is 0 Å². The van der Waals surface area contributed by atoms with Gasteiger partial charge in [0.25, 0.3) is 0 Å². The Balaban J connectivity index is 0.000000671. The highest BCUT2D eigenvalue weighted by atomic mass is 16.4. The van der Waals surface area contributed by atoms with Gasteiger partial charge in [-0.3, -0.25) is 0 Å².